The molecule has 1 N–H and O–H groups in total. The summed E-state index contributed by atoms with van der Waals surface area (Å²) in [6.45, 7) is 0.700. The van der Waals surface area contributed by atoms with Gasteiger partial charge >= 0.3 is 5.97 Å². The Kier molecular flexibility index (Phi) is 3.63. The molecular formula is C10H13N7O2S. The number of carboxylic acids is 1. The number of thioether (sulfide) groups is 1. The fourth-order valence-electron chi connectivity index (χ4n) is 2.13. The van der Waals surface area contributed by atoms with Gasteiger partial charge in [0.25, 0.3) is 0 Å². The highest BCUT2D eigenvalue weighted by Gasteiger charge is 2.17. The Balaban J connectivity index is 1.69. The van der Waals surface area contributed by atoms with Crippen LogP contribution in [0.2, 0.25) is 0 Å². The minimum absolute atomic E-state index is 0.243. The van der Waals surface area contributed by atoms with Crippen molar-refractivity contribution in [3.8, 4) is 0 Å². The molecule has 0 spiro atoms. The second kappa shape index (κ2) is 5.57. The van der Waals surface area contributed by atoms with Crippen molar-refractivity contribution in [3.63, 3.8) is 0 Å². The second-order valence-corrected chi connectivity index (χ2v) is 5.39. The first-order valence-electron chi connectivity index (χ1n) is 6.26. The molecule has 3 heterocycles. The number of carboxylic acid groups (broad SMARTS) is 1. The number of carbonyl (C=O) groups is 1. The average molecular weight is 295 g/mol. The maximum atomic E-state index is 10.7. The number of aryl methyl sites for hydroxylation is 1. The maximum absolute atomic E-state index is 10.7. The van der Waals surface area contributed by atoms with Crippen LogP contribution in [0.5, 0.6) is 0 Å². The van der Waals surface area contributed by atoms with Gasteiger partial charge in [-0.3, -0.25) is 4.79 Å². The molecule has 3 rings (SSSR count). The van der Waals surface area contributed by atoms with Gasteiger partial charge in [0.1, 0.15) is 18.2 Å². The van der Waals surface area contributed by atoms with Gasteiger partial charge in [0, 0.05) is 13.0 Å². The molecule has 0 aromatic carbocycles. The Morgan fingerprint density at radius 2 is 2.20 bits per heavy atom. The molecule has 2 aromatic rings. The van der Waals surface area contributed by atoms with Crippen LogP contribution in [0, 0.1) is 0 Å². The van der Waals surface area contributed by atoms with Gasteiger partial charge in [0.05, 0.1) is 5.75 Å². The Labute approximate surface area is 118 Å². The van der Waals surface area contributed by atoms with Crippen LogP contribution < -0.4 is 0 Å². The molecule has 10 heteroatoms. The topological polar surface area (TPSA) is 112 Å². The number of tetrazole rings is 1. The molecule has 0 aliphatic carbocycles. The zero-order chi connectivity index (χ0) is 13.9. The molecule has 0 radical (unpaired) electrons. The molecule has 0 saturated heterocycles. The molecule has 0 saturated carbocycles. The fraction of sp³-hybridized carbons (Fsp3) is 0.600. The van der Waals surface area contributed by atoms with Crippen LogP contribution in [0.4, 0.5) is 0 Å². The molecule has 0 unspecified atom stereocenters. The van der Waals surface area contributed by atoms with Crippen LogP contribution in [0.15, 0.2) is 5.16 Å². The van der Waals surface area contributed by atoms with Crippen molar-refractivity contribution < 1.29 is 9.90 Å². The largest absolute Gasteiger partial charge is 0.480 e. The van der Waals surface area contributed by atoms with Crippen LogP contribution >= 0.6 is 11.8 Å². The Hall–Kier alpha value is -1.97. The summed E-state index contributed by atoms with van der Waals surface area (Å²) in [6.07, 6.45) is 3.26. The van der Waals surface area contributed by atoms with E-state index < -0.39 is 5.97 Å². The predicted molar refractivity (Wildman–Crippen MR) is 68.0 cm³/mol. The van der Waals surface area contributed by atoms with Crippen molar-refractivity contribution in [2.75, 3.05) is 0 Å². The maximum Gasteiger partial charge on any atom is 0.325 e. The number of aromatic nitrogens is 7. The van der Waals surface area contributed by atoms with Gasteiger partial charge in [0.15, 0.2) is 0 Å². The number of hydrogen-bond donors (Lipinski definition) is 1. The van der Waals surface area contributed by atoms with Crippen molar-refractivity contribution in [2.45, 2.75) is 43.3 Å². The minimum Gasteiger partial charge on any atom is -0.480 e. The summed E-state index contributed by atoms with van der Waals surface area (Å²) in [6, 6.07) is 0. The quantitative estimate of drug-likeness (QED) is 0.766. The zero-order valence-corrected chi connectivity index (χ0v) is 11.5. The number of fused-ring (bicyclic) bond motifs is 1. The van der Waals surface area contributed by atoms with E-state index in [1.807, 2.05) is 0 Å². The highest BCUT2D eigenvalue weighted by Crippen LogP contribution is 2.21. The standard InChI is InChI=1S/C10H13N7O2S/c18-9(19)5-17-10(13-14-15-17)20-6-8-12-11-7-3-1-2-4-16(7)8/h1-6H2,(H,18,19). The van der Waals surface area contributed by atoms with Gasteiger partial charge in [-0.1, -0.05) is 11.8 Å². The van der Waals surface area contributed by atoms with Crippen LogP contribution in [0.25, 0.3) is 0 Å². The van der Waals surface area contributed by atoms with Gasteiger partial charge in [-0.15, -0.1) is 15.3 Å². The fourth-order valence-corrected chi connectivity index (χ4v) is 2.95. The van der Waals surface area contributed by atoms with E-state index in [1.54, 1.807) is 0 Å². The summed E-state index contributed by atoms with van der Waals surface area (Å²) in [7, 11) is 0. The summed E-state index contributed by atoms with van der Waals surface area (Å²) >= 11 is 1.37. The van der Waals surface area contributed by atoms with E-state index in [-0.39, 0.29) is 6.54 Å². The van der Waals surface area contributed by atoms with E-state index in [0.29, 0.717) is 10.9 Å². The van der Waals surface area contributed by atoms with Crippen molar-refractivity contribution in [3.05, 3.63) is 11.6 Å². The van der Waals surface area contributed by atoms with Crippen molar-refractivity contribution in [1.29, 1.82) is 0 Å². The molecule has 0 amide bonds. The normalized spacial score (nSPS) is 14.2. The molecule has 106 valence electrons. The molecule has 0 fully saturated rings. The van der Waals surface area contributed by atoms with Gasteiger partial charge in [0.2, 0.25) is 5.16 Å². The van der Waals surface area contributed by atoms with Crippen LogP contribution in [0.3, 0.4) is 0 Å². The first-order valence-corrected chi connectivity index (χ1v) is 7.24. The molecule has 9 nitrogen and oxygen atoms in total. The third-order valence-corrected chi connectivity index (χ3v) is 4.00. The molecule has 20 heavy (non-hydrogen) atoms. The van der Waals surface area contributed by atoms with Crippen molar-refractivity contribution >= 4 is 17.7 Å². The Bertz CT molecular complexity index is 623. The summed E-state index contributed by atoms with van der Waals surface area (Å²) in [5.74, 6) is 1.51. The number of nitrogens with zero attached hydrogens (tertiary/aromatic N) is 7. The lowest BCUT2D eigenvalue weighted by Gasteiger charge is -2.14. The predicted octanol–water partition coefficient (Wildman–Crippen LogP) is -0.0222. The van der Waals surface area contributed by atoms with Gasteiger partial charge in [-0.25, -0.2) is 4.68 Å². The first-order chi connectivity index (χ1) is 9.74. The van der Waals surface area contributed by atoms with E-state index in [0.717, 1.165) is 37.5 Å². The highest BCUT2D eigenvalue weighted by molar-refractivity contribution is 7.98. The van der Waals surface area contributed by atoms with Crippen LogP contribution in [-0.4, -0.2) is 46.0 Å². The molecule has 0 bridgehead atoms. The molecule has 1 aliphatic heterocycles. The number of hydrogen-bond acceptors (Lipinski definition) is 7. The van der Waals surface area contributed by atoms with Crippen LogP contribution in [-0.2, 0) is 30.1 Å². The zero-order valence-electron chi connectivity index (χ0n) is 10.6. The Morgan fingerprint density at radius 1 is 1.30 bits per heavy atom. The third kappa shape index (κ3) is 2.64. The van der Waals surface area contributed by atoms with Gasteiger partial charge in [-0.05, 0) is 23.3 Å². The van der Waals surface area contributed by atoms with E-state index in [4.69, 9.17) is 5.11 Å². The molecule has 1 aliphatic rings. The van der Waals surface area contributed by atoms with Crippen LogP contribution in [0.1, 0.15) is 24.5 Å². The second-order valence-electron chi connectivity index (χ2n) is 4.44. The average Bonchev–Trinajstić information content (AvgIpc) is 3.02. The lowest BCUT2D eigenvalue weighted by molar-refractivity contribution is -0.138. The smallest absolute Gasteiger partial charge is 0.325 e. The number of rotatable bonds is 5. The summed E-state index contributed by atoms with van der Waals surface area (Å²) in [4.78, 5) is 10.7. The first kappa shape index (κ1) is 13.0. The SMILES string of the molecule is O=C(O)Cn1nnnc1SCc1nnc2n1CCCC2. The highest BCUT2D eigenvalue weighted by atomic mass is 32.2. The lowest BCUT2D eigenvalue weighted by atomic mass is 10.2. The summed E-state index contributed by atoms with van der Waals surface area (Å²) in [5, 5.41) is 28.6. The van der Waals surface area contributed by atoms with Crippen molar-refractivity contribution in [2.24, 2.45) is 0 Å². The van der Waals surface area contributed by atoms with E-state index >= 15 is 0 Å². The Morgan fingerprint density at radius 3 is 3.05 bits per heavy atom. The monoisotopic (exact) mass is 295 g/mol. The summed E-state index contributed by atoms with van der Waals surface area (Å²) in [5.41, 5.74) is 0. The van der Waals surface area contributed by atoms with Gasteiger partial charge in [-0.2, -0.15) is 0 Å². The lowest BCUT2D eigenvalue weighted by Crippen LogP contribution is -2.13. The molecule has 2 aromatic heterocycles. The molecular weight excluding hydrogens is 282 g/mol. The third-order valence-electron chi connectivity index (χ3n) is 3.05. The summed E-state index contributed by atoms with van der Waals surface area (Å²) < 4.78 is 3.39. The van der Waals surface area contributed by atoms with Crippen molar-refractivity contribution in [1.82, 2.24) is 35.0 Å². The van der Waals surface area contributed by atoms with Gasteiger partial charge < -0.3 is 9.67 Å². The van der Waals surface area contributed by atoms with E-state index in [1.165, 1.54) is 16.4 Å². The minimum atomic E-state index is -0.973. The van der Waals surface area contributed by atoms with E-state index in [9.17, 15) is 4.79 Å². The van der Waals surface area contributed by atoms with E-state index in [2.05, 4.69) is 30.3 Å². The number of aliphatic carboxylic acids is 1. The molecule has 0 atom stereocenters.